The van der Waals surface area contributed by atoms with Gasteiger partial charge < -0.3 is 9.47 Å². The molecule has 0 amide bonds. The number of hydrogen-bond acceptors (Lipinski definition) is 1. The van der Waals surface area contributed by atoms with Gasteiger partial charge in [0.1, 0.15) is 0 Å². The number of hydrogen-bond donors (Lipinski definition) is 0. The van der Waals surface area contributed by atoms with Crippen LogP contribution < -0.4 is 4.90 Å². The molecule has 2 aliphatic carbocycles. The van der Waals surface area contributed by atoms with Crippen LogP contribution in [0.5, 0.6) is 0 Å². The maximum atomic E-state index is 2.47. The normalized spacial score (nSPS) is 13.8. The summed E-state index contributed by atoms with van der Waals surface area (Å²) in [5.74, 6) is 0. The molecular weight excluding hydrogens is 821 g/mol. The first kappa shape index (κ1) is 40.1. The van der Waals surface area contributed by atoms with Crippen molar-refractivity contribution in [2.45, 2.75) is 38.5 Å². The second-order valence-electron chi connectivity index (χ2n) is 19.7. The van der Waals surface area contributed by atoms with Gasteiger partial charge in [-0.25, -0.2) is 0 Å². The smallest absolute Gasteiger partial charge is 0.0547 e. The summed E-state index contributed by atoms with van der Waals surface area (Å²) in [5.41, 5.74) is 24.7. The summed E-state index contributed by atoms with van der Waals surface area (Å²) >= 11 is 0. The molecule has 68 heavy (non-hydrogen) atoms. The van der Waals surface area contributed by atoms with Gasteiger partial charge in [0.25, 0.3) is 0 Å². The zero-order valence-corrected chi connectivity index (χ0v) is 38.8. The molecule has 1 heterocycles. The minimum Gasteiger partial charge on any atom is -0.310 e. The van der Waals surface area contributed by atoms with Crippen LogP contribution in [0, 0.1) is 0 Å². The van der Waals surface area contributed by atoms with Crippen LogP contribution in [0.25, 0.3) is 83.1 Å². The van der Waals surface area contributed by atoms with Gasteiger partial charge in [-0.3, -0.25) is 0 Å². The molecule has 1 aromatic heterocycles. The highest BCUT2D eigenvalue weighted by Crippen LogP contribution is 2.53. The van der Waals surface area contributed by atoms with Crippen LogP contribution in [-0.2, 0) is 10.8 Å². The molecule has 11 aromatic rings. The molecule has 0 aliphatic heterocycles. The van der Waals surface area contributed by atoms with Crippen LogP contribution in [0.3, 0.4) is 0 Å². The lowest BCUT2D eigenvalue weighted by Gasteiger charge is -2.30. The molecule has 0 fully saturated rings. The standard InChI is InChI=1S/C66H50N2/c1-65(2)59-24-14-11-21-52(59)54-37-33-49(41-61(54)65)67(50-34-38-55-53-22-12-15-25-60(53)66(3,4)62(55)42-50)48-31-27-44(28-32-48)58-39-45(29-35-51(58)43-17-7-5-8-18-43)46-30-36-57-56-23-13-16-26-63(56)68(64(57)40-46)47-19-9-6-10-20-47/h5-42H,1-4H3. The molecule has 0 saturated heterocycles. The van der Waals surface area contributed by atoms with Gasteiger partial charge in [-0.15, -0.1) is 0 Å². The predicted octanol–water partition coefficient (Wildman–Crippen LogP) is 17.9. The van der Waals surface area contributed by atoms with E-state index in [2.05, 4.69) is 268 Å². The van der Waals surface area contributed by atoms with E-state index in [-0.39, 0.29) is 10.8 Å². The molecule has 324 valence electrons. The number of para-hydroxylation sites is 2. The van der Waals surface area contributed by atoms with E-state index in [0.717, 1.165) is 22.7 Å². The van der Waals surface area contributed by atoms with Gasteiger partial charge in [0.05, 0.1) is 11.0 Å². The van der Waals surface area contributed by atoms with E-state index in [9.17, 15) is 0 Å². The van der Waals surface area contributed by atoms with Crippen LogP contribution in [-0.4, -0.2) is 4.57 Å². The van der Waals surface area contributed by atoms with E-state index in [0.29, 0.717) is 0 Å². The number of nitrogens with zero attached hydrogens (tertiary/aromatic N) is 2. The molecule has 2 heteroatoms. The van der Waals surface area contributed by atoms with E-state index in [1.807, 2.05) is 0 Å². The molecule has 13 rings (SSSR count). The molecule has 2 aliphatic rings. The lowest BCUT2D eigenvalue weighted by Crippen LogP contribution is -2.18. The van der Waals surface area contributed by atoms with Gasteiger partial charge >= 0.3 is 0 Å². The summed E-state index contributed by atoms with van der Waals surface area (Å²) in [5, 5.41) is 2.51. The molecule has 0 saturated carbocycles. The summed E-state index contributed by atoms with van der Waals surface area (Å²) in [6.07, 6.45) is 0. The van der Waals surface area contributed by atoms with E-state index < -0.39 is 0 Å². The number of benzene rings is 10. The van der Waals surface area contributed by atoms with Crippen molar-refractivity contribution in [3.63, 3.8) is 0 Å². The molecule has 0 atom stereocenters. The lowest BCUT2D eigenvalue weighted by molar-refractivity contribution is 0.660. The molecule has 0 bridgehead atoms. The zero-order valence-electron chi connectivity index (χ0n) is 38.8. The Morgan fingerprint density at radius 3 is 1.40 bits per heavy atom. The largest absolute Gasteiger partial charge is 0.310 e. The van der Waals surface area contributed by atoms with Crippen molar-refractivity contribution in [1.82, 2.24) is 4.57 Å². The quantitative estimate of drug-likeness (QED) is 0.155. The predicted molar refractivity (Wildman–Crippen MR) is 287 cm³/mol. The van der Waals surface area contributed by atoms with Crippen LogP contribution >= 0.6 is 0 Å². The van der Waals surface area contributed by atoms with Crippen LogP contribution in [0.15, 0.2) is 231 Å². The van der Waals surface area contributed by atoms with Gasteiger partial charge in [-0.05, 0) is 145 Å². The summed E-state index contributed by atoms with van der Waals surface area (Å²) < 4.78 is 2.40. The number of anilines is 3. The minimum absolute atomic E-state index is 0.124. The van der Waals surface area contributed by atoms with Gasteiger partial charge in [-0.1, -0.05) is 191 Å². The number of fused-ring (bicyclic) bond motifs is 9. The van der Waals surface area contributed by atoms with Crippen LogP contribution in [0.4, 0.5) is 17.1 Å². The average Bonchev–Trinajstić information content (AvgIpc) is 3.93. The molecular formula is C66H50N2. The Bertz CT molecular complexity index is 3670. The molecule has 2 nitrogen and oxygen atoms in total. The van der Waals surface area contributed by atoms with Crippen LogP contribution in [0.1, 0.15) is 49.9 Å². The van der Waals surface area contributed by atoms with Crippen LogP contribution in [0.2, 0.25) is 0 Å². The van der Waals surface area contributed by atoms with E-state index in [4.69, 9.17) is 0 Å². The summed E-state index contributed by atoms with van der Waals surface area (Å²) in [7, 11) is 0. The first-order valence-electron chi connectivity index (χ1n) is 23.9. The second kappa shape index (κ2) is 15.2. The maximum Gasteiger partial charge on any atom is 0.0547 e. The molecule has 0 radical (unpaired) electrons. The third-order valence-corrected chi connectivity index (χ3v) is 15.2. The maximum absolute atomic E-state index is 2.47. The topological polar surface area (TPSA) is 8.17 Å². The van der Waals surface area contributed by atoms with E-state index >= 15 is 0 Å². The fourth-order valence-corrected chi connectivity index (χ4v) is 11.7. The summed E-state index contributed by atoms with van der Waals surface area (Å²) in [4.78, 5) is 2.47. The number of rotatable bonds is 7. The Morgan fingerprint density at radius 2 is 0.750 bits per heavy atom. The van der Waals surface area contributed by atoms with Gasteiger partial charge in [0.2, 0.25) is 0 Å². The zero-order chi connectivity index (χ0) is 45.7. The third-order valence-electron chi connectivity index (χ3n) is 15.2. The monoisotopic (exact) mass is 870 g/mol. The molecule has 0 spiro atoms. The van der Waals surface area contributed by atoms with Crippen molar-refractivity contribution >= 4 is 38.9 Å². The number of aromatic nitrogens is 1. The van der Waals surface area contributed by atoms with Crippen molar-refractivity contribution in [1.29, 1.82) is 0 Å². The molecule has 10 aromatic carbocycles. The molecule has 0 unspecified atom stereocenters. The Hall–Kier alpha value is -8.20. The van der Waals surface area contributed by atoms with Gasteiger partial charge in [-0.2, -0.15) is 0 Å². The van der Waals surface area contributed by atoms with Gasteiger partial charge in [0, 0.05) is 44.4 Å². The van der Waals surface area contributed by atoms with Crippen molar-refractivity contribution in [2.24, 2.45) is 0 Å². The van der Waals surface area contributed by atoms with Crippen molar-refractivity contribution < 1.29 is 0 Å². The summed E-state index contributed by atoms with van der Waals surface area (Å²) in [6.45, 7) is 9.48. The Balaban J connectivity index is 0.955. The Kier molecular flexibility index (Phi) is 8.95. The third kappa shape index (κ3) is 6.10. The Morgan fingerprint density at radius 1 is 0.294 bits per heavy atom. The first-order valence-corrected chi connectivity index (χ1v) is 23.9. The van der Waals surface area contributed by atoms with Gasteiger partial charge in [0.15, 0.2) is 0 Å². The first-order chi connectivity index (χ1) is 33.2. The SMILES string of the molecule is CC1(C)c2ccccc2-c2ccc(N(c3ccc(-c4cc(-c5ccc6c7ccccc7n(-c7ccccc7)c6c5)ccc4-c4ccccc4)cc3)c3ccc4c(c3)C(C)(C)c3ccccc3-4)cc21. The fraction of sp³-hybridized carbons (Fsp3) is 0.0909. The highest BCUT2D eigenvalue weighted by Gasteiger charge is 2.37. The molecule has 0 N–H and O–H groups in total. The fourth-order valence-electron chi connectivity index (χ4n) is 11.7. The summed E-state index contributed by atoms with van der Waals surface area (Å²) in [6, 6.07) is 85.6. The minimum atomic E-state index is -0.124. The lowest BCUT2D eigenvalue weighted by atomic mass is 9.82. The van der Waals surface area contributed by atoms with E-state index in [1.54, 1.807) is 0 Å². The average molecular weight is 871 g/mol. The highest BCUT2D eigenvalue weighted by molar-refractivity contribution is 6.10. The van der Waals surface area contributed by atoms with Crippen molar-refractivity contribution in [3.05, 3.63) is 253 Å². The Labute approximate surface area is 399 Å². The highest BCUT2D eigenvalue weighted by atomic mass is 15.1. The van der Waals surface area contributed by atoms with Crippen molar-refractivity contribution in [2.75, 3.05) is 4.90 Å². The van der Waals surface area contributed by atoms with E-state index in [1.165, 1.54) is 99.7 Å². The second-order valence-corrected chi connectivity index (χ2v) is 19.7. The van der Waals surface area contributed by atoms with Crippen molar-refractivity contribution in [3.8, 4) is 61.3 Å².